The standard InChI is InChI=1S/C30H27ClN6O7S/c1-42-22-15-20(16-23(17-22)43-2)34-29-30(36-27-13-6-5-12-26(27)35-29)37(45(39,40)41)44-21-9-7-8-19(14-21)33-28(38)18-32-25-11-4-3-10-24(25)31/h3-17,32H,18H2,1-2H3,(H,33,38)(H,34,35)(H,39,40,41). The van der Waals surface area contributed by atoms with E-state index in [1.165, 1.54) is 32.4 Å². The van der Waals surface area contributed by atoms with Gasteiger partial charge in [-0.1, -0.05) is 46.4 Å². The highest BCUT2D eigenvalue weighted by Gasteiger charge is 2.29. The minimum absolute atomic E-state index is 0.0477. The molecule has 0 unspecified atom stereocenters. The molecule has 13 nitrogen and oxygen atoms in total. The van der Waals surface area contributed by atoms with Crippen molar-refractivity contribution in [2.75, 3.05) is 41.2 Å². The van der Waals surface area contributed by atoms with Gasteiger partial charge >= 0.3 is 10.3 Å². The number of fused-ring (bicyclic) bond motifs is 1. The summed E-state index contributed by atoms with van der Waals surface area (Å²) in [6, 6.07) is 24.6. The molecule has 0 saturated carbocycles. The van der Waals surface area contributed by atoms with Gasteiger partial charge in [0.2, 0.25) is 11.7 Å². The quantitative estimate of drug-likeness (QED) is 0.0967. The summed E-state index contributed by atoms with van der Waals surface area (Å²) < 4.78 is 46.6. The molecule has 0 radical (unpaired) electrons. The lowest BCUT2D eigenvalue weighted by atomic mass is 10.2. The minimum Gasteiger partial charge on any atom is -0.497 e. The van der Waals surface area contributed by atoms with Crippen LogP contribution in [0, 0.1) is 0 Å². The van der Waals surface area contributed by atoms with Crippen LogP contribution in [0.1, 0.15) is 0 Å². The first kappa shape index (κ1) is 31.1. The summed E-state index contributed by atoms with van der Waals surface area (Å²) in [5.74, 6) is 0.00720. The van der Waals surface area contributed by atoms with Crippen molar-refractivity contribution in [1.29, 1.82) is 0 Å². The topological polar surface area (TPSA) is 164 Å². The van der Waals surface area contributed by atoms with Crippen molar-refractivity contribution in [2.24, 2.45) is 0 Å². The highest BCUT2D eigenvalue weighted by Crippen LogP contribution is 2.34. The molecule has 0 atom stereocenters. The highest BCUT2D eigenvalue weighted by atomic mass is 35.5. The number of anilines is 5. The number of amides is 1. The zero-order valence-electron chi connectivity index (χ0n) is 23.9. The number of carbonyl (C=O) groups excluding carboxylic acids is 1. The summed E-state index contributed by atoms with van der Waals surface area (Å²) >= 11 is 6.13. The van der Waals surface area contributed by atoms with Gasteiger partial charge in [0.15, 0.2) is 11.6 Å². The Bertz CT molecular complexity index is 1940. The number of ether oxygens (including phenoxy) is 2. The second-order valence-corrected chi connectivity index (χ2v) is 11.0. The third-order valence-corrected chi connectivity index (χ3v) is 7.16. The van der Waals surface area contributed by atoms with Crippen LogP contribution in [-0.2, 0) is 15.1 Å². The monoisotopic (exact) mass is 650 g/mol. The molecule has 0 bridgehead atoms. The number of aromatic nitrogens is 2. The molecular formula is C30H27ClN6O7S. The lowest BCUT2D eigenvalue weighted by Crippen LogP contribution is -2.35. The van der Waals surface area contributed by atoms with Gasteiger partial charge in [0.05, 0.1) is 42.5 Å². The molecule has 1 heterocycles. The molecule has 45 heavy (non-hydrogen) atoms. The SMILES string of the molecule is COc1cc(Nc2nc3ccccc3nc2N(Oc2cccc(NC(=O)CNc3ccccc3Cl)c2)S(=O)(=O)O)cc(OC)c1. The lowest BCUT2D eigenvalue weighted by Gasteiger charge is -2.22. The molecule has 0 spiro atoms. The van der Waals surface area contributed by atoms with Crippen molar-refractivity contribution < 1.29 is 32.1 Å². The van der Waals surface area contributed by atoms with Crippen LogP contribution < -0.4 is 34.7 Å². The van der Waals surface area contributed by atoms with Crippen molar-refractivity contribution >= 4 is 67.5 Å². The summed E-state index contributed by atoms with van der Waals surface area (Å²) in [5.41, 5.74) is 2.06. The Morgan fingerprint density at radius 3 is 2.16 bits per heavy atom. The van der Waals surface area contributed by atoms with E-state index < -0.39 is 16.2 Å². The Morgan fingerprint density at radius 2 is 1.49 bits per heavy atom. The first-order valence-corrected chi connectivity index (χ1v) is 15.0. The predicted octanol–water partition coefficient (Wildman–Crippen LogP) is 5.70. The normalized spacial score (nSPS) is 11.0. The number of para-hydroxylation sites is 3. The van der Waals surface area contributed by atoms with E-state index in [2.05, 4.69) is 25.9 Å². The summed E-state index contributed by atoms with van der Waals surface area (Å²) in [6.45, 7) is -0.0945. The fourth-order valence-corrected chi connectivity index (χ4v) is 4.86. The fourth-order valence-electron chi connectivity index (χ4n) is 4.13. The molecule has 4 N–H and O–H groups in total. The smallest absolute Gasteiger partial charge is 0.393 e. The molecule has 232 valence electrons. The maximum atomic E-state index is 12.7. The van der Waals surface area contributed by atoms with Crippen LogP contribution in [0.25, 0.3) is 11.0 Å². The summed E-state index contributed by atoms with van der Waals surface area (Å²) in [7, 11) is -2.12. The first-order valence-electron chi connectivity index (χ1n) is 13.2. The third kappa shape index (κ3) is 7.80. The molecular weight excluding hydrogens is 624 g/mol. The molecule has 0 aliphatic rings. The van der Waals surface area contributed by atoms with E-state index >= 15 is 0 Å². The number of benzene rings is 4. The summed E-state index contributed by atoms with van der Waals surface area (Å²) in [4.78, 5) is 27.2. The maximum absolute atomic E-state index is 12.7. The molecule has 5 rings (SSSR count). The van der Waals surface area contributed by atoms with Crippen molar-refractivity contribution in [2.45, 2.75) is 0 Å². The number of rotatable bonds is 12. The molecule has 1 aromatic heterocycles. The first-order chi connectivity index (χ1) is 21.6. The van der Waals surface area contributed by atoms with Gasteiger partial charge in [-0.15, -0.1) is 0 Å². The number of methoxy groups -OCH3 is 2. The average molecular weight is 651 g/mol. The van der Waals surface area contributed by atoms with E-state index in [1.807, 2.05) is 0 Å². The van der Waals surface area contributed by atoms with Crippen LogP contribution in [0.3, 0.4) is 0 Å². The second-order valence-electron chi connectivity index (χ2n) is 9.32. The predicted molar refractivity (Wildman–Crippen MR) is 172 cm³/mol. The van der Waals surface area contributed by atoms with Gasteiger partial charge in [0.1, 0.15) is 11.5 Å². The number of nitrogens with zero attached hydrogens (tertiary/aromatic N) is 3. The molecule has 15 heteroatoms. The van der Waals surface area contributed by atoms with E-state index in [1.54, 1.807) is 72.8 Å². The molecule has 0 saturated heterocycles. The Kier molecular flexibility index (Phi) is 9.37. The van der Waals surface area contributed by atoms with Gasteiger partial charge in [0.25, 0.3) is 0 Å². The van der Waals surface area contributed by atoms with E-state index in [9.17, 15) is 17.8 Å². The number of hydrogen-bond donors (Lipinski definition) is 4. The molecule has 4 aromatic carbocycles. The van der Waals surface area contributed by atoms with Gasteiger partial charge in [-0.2, -0.15) is 8.42 Å². The molecule has 0 aliphatic carbocycles. The Hall–Kier alpha value is -5.31. The Balaban J connectivity index is 1.45. The van der Waals surface area contributed by atoms with Gasteiger partial charge < -0.3 is 30.3 Å². The van der Waals surface area contributed by atoms with Crippen molar-refractivity contribution in [3.63, 3.8) is 0 Å². The van der Waals surface area contributed by atoms with Crippen LogP contribution in [-0.4, -0.2) is 49.6 Å². The Morgan fingerprint density at radius 1 is 0.844 bits per heavy atom. The zero-order valence-corrected chi connectivity index (χ0v) is 25.5. The van der Waals surface area contributed by atoms with Gasteiger partial charge in [-0.3, -0.25) is 9.35 Å². The molecule has 0 fully saturated rings. The highest BCUT2D eigenvalue weighted by molar-refractivity contribution is 7.87. The largest absolute Gasteiger partial charge is 0.497 e. The average Bonchev–Trinajstić information content (AvgIpc) is 3.02. The zero-order chi connectivity index (χ0) is 32.0. The van der Waals surface area contributed by atoms with Crippen LogP contribution in [0.15, 0.2) is 91.0 Å². The van der Waals surface area contributed by atoms with Crippen LogP contribution in [0.2, 0.25) is 5.02 Å². The molecule has 0 aliphatic heterocycles. The van der Waals surface area contributed by atoms with Crippen molar-refractivity contribution in [3.8, 4) is 17.2 Å². The van der Waals surface area contributed by atoms with Gasteiger partial charge in [0, 0.05) is 35.6 Å². The second kappa shape index (κ2) is 13.5. The minimum atomic E-state index is -5.10. The van der Waals surface area contributed by atoms with E-state index in [0.717, 1.165) is 0 Å². The maximum Gasteiger partial charge on any atom is 0.393 e. The number of nitrogens with one attached hydrogen (secondary N) is 3. The lowest BCUT2D eigenvalue weighted by molar-refractivity contribution is -0.114. The summed E-state index contributed by atoms with van der Waals surface area (Å²) in [6.07, 6.45) is 0. The van der Waals surface area contributed by atoms with E-state index in [4.69, 9.17) is 25.9 Å². The fraction of sp³-hybridized carbons (Fsp3) is 0.100. The van der Waals surface area contributed by atoms with Crippen molar-refractivity contribution in [3.05, 3.63) is 96.0 Å². The number of carbonyl (C=O) groups is 1. The molecule has 5 aromatic rings. The van der Waals surface area contributed by atoms with Crippen molar-refractivity contribution in [1.82, 2.24) is 9.97 Å². The summed E-state index contributed by atoms with van der Waals surface area (Å²) in [5, 5.41) is 9.11. The molecule has 1 amide bonds. The van der Waals surface area contributed by atoms with Crippen LogP contribution in [0.4, 0.5) is 28.7 Å². The van der Waals surface area contributed by atoms with Gasteiger partial charge in [-0.05, 0) is 36.4 Å². The Labute approximate surface area is 263 Å². The van der Waals surface area contributed by atoms with Gasteiger partial charge in [-0.25, -0.2) is 9.97 Å². The van der Waals surface area contributed by atoms with E-state index in [-0.39, 0.29) is 28.4 Å². The van der Waals surface area contributed by atoms with Crippen LogP contribution in [0.5, 0.6) is 17.2 Å². The van der Waals surface area contributed by atoms with Crippen LogP contribution >= 0.6 is 11.6 Å². The number of halogens is 1. The van der Waals surface area contributed by atoms with E-state index in [0.29, 0.717) is 44.6 Å². The number of hydrogen-bond acceptors (Lipinski definition) is 10. The third-order valence-electron chi connectivity index (χ3n) is 6.17.